The number of carbonyl (C=O) groups excluding carboxylic acids is 3. The van der Waals surface area contributed by atoms with Crippen LogP contribution in [0.4, 0.5) is 9.80 Å². The van der Waals surface area contributed by atoms with Crippen molar-refractivity contribution in [3.63, 3.8) is 0 Å². The molecule has 0 spiro atoms. The van der Waals surface area contributed by atoms with E-state index in [1.165, 1.54) is 18.2 Å². The average molecular weight is 373 g/mol. The topological polar surface area (TPSA) is 84.5 Å². The van der Waals surface area contributed by atoms with Gasteiger partial charge in [0, 0.05) is 5.02 Å². The molecule has 3 amide bonds. The molecule has 0 aliphatic heterocycles. The van der Waals surface area contributed by atoms with Gasteiger partial charge in [-0.25, -0.2) is 4.79 Å². The summed E-state index contributed by atoms with van der Waals surface area (Å²) >= 11 is 12.9. The molecule has 0 atom stereocenters. The minimum Gasteiger partial charge on any atom is -0.453 e. The van der Waals surface area contributed by atoms with Crippen molar-refractivity contribution in [2.24, 2.45) is 0 Å². The van der Waals surface area contributed by atoms with Crippen LogP contribution in [0.5, 0.6) is 0 Å². The number of carbonyl (C=O) groups is 3. The number of halogens is 2. The Hall–Kier alpha value is -2.09. The first kappa shape index (κ1) is 17.3. The number of benzene rings is 1. The van der Waals surface area contributed by atoms with Crippen molar-refractivity contribution in [3.8, 4) is 0 Å². The van der Waals surface area contributed by atoms with Gasteiger partial charge in [-0.05, 0) is 29.6 Å². The smallest absolute Gasteiger partial charge is 0.413 e. The molecule has 9 heteroatoms. The Balaban J connectivity index is 2.20. The predicted octanol–water partition coefficient (Wildman–Crippen LogP) is 3.80. The number of methoxy groups -OCH3 is 1. The molecule has 1 heterocycles. The normalized spacial score (nSPS) is 10.0. The van der Waals surface area contributed by atoms with Gasteiger partial charge in [0.1, 0.15) is 5.00 Å². The fourth-order valence-corrected chi connectivity index (χ4v) is 2.79. The van der Waals surface area contributed by atoms with Crippen LogP contribution >= 0.6 is 34.5 Å². The maximum atomic E-state index is 12.3. The first-order chi connectivity index (χ1) is 10.9. The Morgan fingerprint density at radius 1 is 1.09 bits per heavy atom. The third kappa shape index (κ3) is 4.22. The van der Waals surface area contributed by atoms with E-state index in [1.54, 1.807) is 11.4 Å². The molecule has 1 aromatic carbocycles. The molecule has 0 bridgehead atoms. The van der Waals surface area contributed by atoms with E-state index < -0.39 is 17.9 Å². The summed E-state index contributed by atoms with van der Waals surface area (Å²) in [6, 6.07) is 5.94. The lowest BCUT2D eigenvalue weighted by molar-refractivity contribution is 0.0938. The highest BCUT2D eigenvalue weighted by Crippen LogP contribution is 2.26. The summed E-state index contributed by atoms with van der Waals surface area (Å²) in [5.74, 6) is -1.21. The monoisotopic (exact) mass is 372 g/mol. The molecule has 120 valence electrons. The molecule has 1 aromatic heterocycles. The molecule has 2 N–H and O–H groups in total. The maximum Gasteiger partial charge on any atom is 0.413 e. The Labute approximate surface area is 145 Å². The summed E-state index contributed by atoms with van der Waals surface area (Å²) < 4.78 is 4.35. The molecule has 2 rings (SSSR count). The highest BCUT2D eigenvalue weighted by Gasteiger charge is 2.19. The number of thiophene rings is 1. The number of ether oxygens (including phenoxy) is 1. The molecule has 6 nitrogen and oxygen atoms in total. The fraction of sp³-hybridized carbons (Fsp3) is 0.0714. The van der Waals surface area contributed by atoms with Gasteiger partial charge in [0.2, 0.25) is 0 Å². The lowest BCUT2D eigenvalue weighted by atomic mass is 10.2. The van der Waals surface area contributed by atoms with Crippen molar-refractivity contribution in [3.05, 3.63) is 50.8 Å². The van der Waals surface area contributed by atoms with Crippen molar-refractivity contribution in [1.82, 2.24) is 5.32 Å². The molecule has 0 saturated carbocycles. The minimum atomic E-state index is -0.892. The predicted molar refractivity (Wildman–Crippen MR) is 88.6 cm³/mol. The van der Waals surface area contributed by atoms with E-state index in [9.17, 15) is 14.4 Å². The Kier molecular flexibility index (Phi) is 5.59. The van der Waals surface area contributed by atoms with Crippen LogP contribution in [0.2, 0.25) is 10.0 Å². The zero-order valence-electron chi connectivity index (χ0n) is 11.7. The second-order valence-corrected chi connectivity index (χ2v) is 5.95. The SMILES string of the molecule is COC(=O)NC(=O)c1ccsc1NC(=O)c1cc(Cl)ccc1Cl. The Morgan fingerprint density at radius 2 is 1.83 bits per heavy atom. The molecule has 0 aliphatic rings. The molecule has 0 unspecified atom stereocenters. The summed E-state index contributed by atoms with van der Waals surface area (Å²) in [5, 5.41) is 7.04. The Morgan fingerprint density at radius 3 is 2.52 bits per heavy atom. The molecule has 2 aromatic rings. The van der Waals surface area contributed by atoms with Crippen LogP contribution in [0.3, 0.4) is 0 Å². The molecule has 0 saturated heterocycles. The van der Waals surface area contributed by atoms with Crippen LogP contribution in [0, 0.1) is 0 Å². The zero-order chi connectivity index (χ0) is 17.0. The van der Waals surface area contributed by atoms with E-state index in [2.05, 4.69) is 10.1 Å². The lowest BCUT2D eigenvalue weighted by Crippen LogP contribution is -2.30. The van der Waals surface area contributed by atoms with Gasteiger partial charge in [-0.3, -0.25) is 14.9 Å². The summed E-state index contributed by atoms with van der Waals surface area (Å²) in [4.78, 5) is 35.3. The number of alkyl carbamates (subject to hydrolysis) is 1. The van der Waals surface area contributed by atoms with Crippen LogP contribution in [-0.2, 0) is 4.74 Å². The van der Waals surface area contributed by atoms with Crippen molar-refractivity contribution in [1.29, 1.82) is 0 Å². The summed E-state index contributed by atoms with van der Waals surface area (Å²) in [6.07, 6.45) is -0.892. The fourth-order valence-electron chi connectivity index (χ4n) is 1.64. The molecule has 0 radical (unpaired) electrons. The highest BCUT2D eigenvalue weighted by atomic mass is 35.5. The third-order valence-corrected chi connectivity index (χ3v) is 4.11. The van der Waals surface area contributed by atoms with Gasteiger partial charge in [0.25, 0.3) is 11.8 Å². The first-order valence-corrected chi connectivity index (χ1v) is 7.79. The van der Waals surface area contributed by atoms with Crippen LogP contribution in [0.15, 0.2) is 29.6 Å². The average Bonchev–Trinajstić information content (AvgIpc) is 2.97. The lowest BCUT2D eigenvalue weighted by Gasteiger charge is -2.08. The standard InChI is InChI=1S/C14H10Cl2N2O4S/c1-22-14(21)18-11(19)8-4-5-23-13(8)17-12(20)9-6-7(15)2-3-10(9)16/h2-6H,1H3,(H,17,20)(H,18,19,21). The molecule has 0 fully saturated rings. The number of amides is 3. The van der Waals surface area contributed by atoms with E-state index >= 15 is 0 Å². The van der Waals surface area contributed by atoms with Gasteiger partial charge in [-0.2, -0.15) is 0 Å². The van der Waals surface area contributed by atoms with E-state index in [0.717, 1.165) is 18.4 Å². The molecule has 23 heavy (non-hydrogen) atoms. The van der Waals surface area contributed by atoms with Crippen LogP contribution in [-0.4, -0.2) is 25.0 Å². The third-order valence-electron chi connectivity index (χ3n) is 2.71. The quantitative estimate of drug-likeness (QED) is 0.857. The largest absolute Gasteiger partial charge is 0.453 e. The number of rotatable bonds is 3. The number of nitrogens with one attached hydrogen (secondary N) is 2. The van der Waals surface area contributed by atoms with Crippen molar-refractivity contribution in [2.75, 3.05) is 12.4 Å². The second kappa shape index (κ2) is 7.45. The van der Waals surface area contributed by atoms with Crippen LogP contribution < -0.4 is 10.6 Å². The van der Waals surface area contributed by atoms with Crippen molar-refractivity contribution >= 4 is 57.4 Å². The highest BCUT2D eigenvalue weighted by molar-refractivity contribution is 7.14. The van der Waals surface area contributed by atoms with Gasteiger partial charge in [-0.1, -0.05) is 23.2 Å². The van der Waals surface area contributed by atoms with E-state index in [1.807, 2.05) is 5.32 Å². The maximum absolute atomic E-state index is 12.3. The molecular weight excluding hydrogens is 363 g/mol. The number of anilines is 1. The minimum absolute atomic E-state index is 0.131. The van der Waals surface area contributed by atoms with Crippen LogP contribution in [0.25, 0.3) is 0 Å². The van der Waals surface area contributed by atoms with E-state index in [4.69, 9.17) is 23.2 Å². The van der Waals surface area contributed by atoms with Gasteiger partial charge in [0.15, 0.2) is 0 Å². The first-order valence-electron chi connectivity index (χ1n) is 6.15. The van der Waals surface area contributed by atoms with Crippen LogP contribution in [0.1, 0.15) is 20.7 Å². The van der Waals surface area contributed by atoms with Gasteiger partial charge >= 0.3 is 6.09 Å². The van der Waals surface area contributed by atoms with Gasteiger partial charge in [-0.15, -0.1) is 11.3 Å². The number of hydrogen-bond acceptors (Lipinski definition) is 5. The molecule has 0 aliphatic carbocycles. The van der Waals surface area contributed by atoms with Crippen molar-refractivity contribution in [2.45, 2.75) is 0 Å². The Bertz CT molecular complexity index is 776. The van der Waals surface area contributed by atoms with Gasteiger partial charge in [0.05, 0.1) is 23.3 Å². The number of hydrogen-bond donors (Lipinski definition) is 2. The van der Waals surface area contributed by atoms with E-state index in [0.29, 0.717) is 5.02 Å². The second-order valence-electron chi connectivity index (χ2n) is 4.19. The van der Waals surface area contributed by atoms with Crippen molar-refractivity contribution < 1.29 is 19.1 Å². The van der Waals surface area contributed by atoms with E-state index in [-0.39, 0.29) is 21.2 Å². The number of imide groups is 1. The summed E-state index contributed by atoms with van der Waals surface area (Å²) in [7, 11) is 1.14. The zero-order valence-corrected chi connectivity index (χ0v) is 14.0. The molecular formula is C14H10Cl2N2O4S. The summed E-state index contributed by atoms with van der Waals surface area (Å²) in [5.41, 5.74) is 0.304. The summed E-state index contributed by atoms with van der Waals surface area (Å²) in [6.45, 7) is 0. The van der Waals surface area contributed by atoms with Gasteiger partial charge < -0.3 is 10.1 Å².